The fourth-order valence-corrected chi connectivity index (χ4v) is 18.0. The van der Waals surface area contributed by atoms with E-state index >= 15 is 0 Å². The van der Waals surface area contributed by atoms with Gasteiger partial charge in [-0.25, -0.2) is 0 Å². The summed E-state index contributed by atoms with van der Waals surface area (Å²) < 4.78 is 335. The Kier molecular flexibility index (Phi) is 10.7. The van der Waals surface area contributed by atoms with Gasteiger partial charge >= 0.3 is 227 Å². The monoisotopic (exact) mass is 834 g/mol. The molecule has 0 nitrogen and oxygen atoms in total. The van der Waals surface area contributed by atoms with Crippen LogP contribution in [0, 0.1) is 0 Å². The van der Waals surface area contributed by atoms with E-state index < -0.39 is 102 Å². The fourth-order valence-electron chi connectivity index (χ4n) is 3.43. The molecule has 0 aromatic heterocycles. The Hall–Kier alpha value is -1.09. The summed E-state index contributed by atoms with van der Waals surface area (Å²) in [7, 11) is 0. The average molecular weight is 833 g/mol. The Morgan fingerprint density at radius 2 is 0.500 bits per heavy atom. The van der Waals surface area contributed by atoms with Crippen molar-refractivity contribution in [3.63, 3.8) is 0 Å². The molecule has 0 aromatic rings. The quantitative estimate of drug-likeness (QED) is 0.136. The van der Waals surface area contributed by atoms with E-state index in [2.05, 4.69) is 0 Å². The van der Waals surface area contributed by atoms with E-state index in [9.17, 15) is 119 Å². The molecule has 0 heterocycles. The first-order chi connectivity index (χ1) is 18.6. The maximum absolute atomic E-state index is 15.0. The molecule has 266 valence electrons. The molecular formula is C16H9F27Sn. The van der Waals surface area contributed by atoms with Gasteiger partial charge in [0.2, 0.25) is 0 Å². The van der Waals surface area contributed by atoms with E-state index in [0.29, 0.717) is 0 Å². The van der Waals surface area contributed by atoms with Crippen LogP contribution < -0.4 is 0 Å². The molecule has 0 aliphatic heterocycles. The van der Waals surface area contributed by atoms with E-state index in [-0.39, 0.29) is 6.92 Å². The van der Waals surface area contributed by atoms with E-state index in [1.807, 2.05) is 0 Å². The van der Waals surface area contributed by atoms with Crippen molar-refractivity contribution in [3.05, 3.63) is 0 Å². The summed E-state index contributed by atoms with van der Waals surface area (Å²) >= 11 is -12.9. The number of rotatable bonds is 12. The average Bonchev–Trinajstić information content (AvgIpc) is 2.75. The molecule has 0 saturated carbocycles. The molecule has 0 saturated heterocycles. The number of alkyl halides is 27. The standard InChI is InChI=1S/3C4F9.C4H9.Sn/c3*5-1(6)2(7,8)3(9,10)4(11,12)13;1-3-4-2;/h;;;1,3-4H2,2H3;. The van der Waals surface area contributed by atoms with Crippen molar-refractivity contribution in [2.75, 3.05) is 0 Å². The third-order valence-electron chi connectivity index (χ3n) is 5.95. The van der Waals surface area contributed by atoms with E-state index in [4.69, 9.17) is 0 Å². The van der Waals surface area contributed by atoms with Crippen LogP contribution in [0.15, 0.2) is 0 Å². The fraction of sp³-hybridized carbons (Fsp3) is 1.00. The predicted molar refractivity (Wildman–Crippen MR) is 88.2 cm³/mol. The van der Waals surface area contributed by atoms with E-state index in [1.165, 1.54) is 0 Å². The van der Waals surface area contributed by atoms with Gasteiger partial charge in [0.05, 0.1) is 0 Å². The van der Waals surface area contributed by atoms with Gasteiger partial charge in [0.1, 0.15) is 0 Å². The molecule has 28 heteroatoms. The van der Waals surface area contributed by atoms with Crippen molar-refractivity contribution >= 4 is 18.4 Å². The molecule has 0 spiro atoms. The first kappa shape index (κ1) is 42.9. The van der Waals surface area contributed by atoms with Gasteiger partial charge in [0.25, 0.3) is 0 Å². The van der Waals surface area contributed by atoms with Crippen LogP contribution in [0.1, 0.15) is 19.8 Å². The zero-order valence-electron chi connectivity index (χ0n) is 19.8. The van der Waals surface area contributed by atoms with E-state index in [1.54, 1.807) is 0 Å². The van der Waals surface area contributed by atoms with Crippen molar-refractivity contribution in [2.45, 2.75) is 90.1 Å². The van der Waals surface area contributed by atoms with Gasteiger partial charge in [-0.1, -0.05) is 0 Å². The summed E-state index contributed by atoms with van der Waals surface area (Å²) in [6, 6.07) is 0. The van der Waals surface area contributed by atoms with E-state index in [0.717, 1.165) is 0 Å². The Morgan fingerprint density at radius 3 is 0.636 bits per heavy atom. The van der Waals surface area contributed by atoms with Crippen LogP contribution in [0.2, 0.25) is 4.44 Å². The normalized spacial score (nSPS) is 16.9. The van der Waals surface area contributed by atoms with Crippen LogP contribution in [0.3, 0.4) is 0 Å². The van der Waals surface area contributed by atoms with Crippen molar-refractivity contribution in [3.8, 4) is 0 Å². The minimum absolute atomic E-state index is 0.165. The molecule has 0 N–H and O–H groups in total. The molecule has 0 aliphatic carbocycles. The Balaban J connectivity index is 9.01. The zero-order chi connectivity index (χ0) is 36.6. The third kappa shape index (κ3) is 5.20. The van der Waals surface area contributed by atoms with Crippen LogP contribution in [-0.4, -0.2) is 84.3 Å². The predicted octanol–water partition coefficient (Wildman–Crippen LogP) is 10.3. The molecular weight excluding hydrogens is 824 g/mol. The Bertz CT molecular complexity index is 887. The second-order valence-electron chi connectivity index (χ2n) is 8.67. The summed E-state index contributed by atoms with van der Waals surface area (Å²) in [5, 5.41) is 0. The number of halogens is 27. The van der Waals surface area contributed by atoms with Crippen LogP contribution in [0.4, 0.5) is 119 Å². The van der Waals surface area contributed by atoms with Crippen LogP contribution in [0.25, 0.3) is 0 Å². The number of hydrogen-bond donors (Lipinski definition) is 0. The first-order valence-corrected chi connectivity index (χ1v) is 16.5. The molecule has 0 radical (unpaired) electrons. The SMILES string of the molecule is CCC[CH2][Sn]([C](F)(F)C(F)(F)C(F)(F)C(F)(F)F)([C](F)(F)C(F)(F)C(F)(F)C(F)(F)F)[C](F)(F)C(F)(F)C(F)(F)C(F)(F)F. The van der Waals surface area contributed by atoms with Crippen molar-refractivity contribution < 1.29 is 119 Å². The summed E-state index contributed by atoms with van der Waals surface area (Å²) in [6.45, 7) is 0.165. The summed E-state index contributed by atoms with van der Waals surface area (Å²) in [6.07, 6.45) is -29.6. The molecule has 0 aliphatic rings. The summed E-state index contributed by atoms with van der Waals surface area (Å²) in [5.41, 5.74) is 0. The molecule has 0 fully saturated rings. The van der Waals surface area contributed by atoms with Gasteiger partial charge in [-0.2, -0.15) is 0 Å². The molecule has 0 atom stereocenters. The van der Waals surface area contributed by atoms with Gasteiger partial charge in [0.15, 0.2) is 0 Å². The van der Waals surface area contributed by atoms with Gasteiger partial charge in [-0.05, 0) is 0 Å². The Morgan fingerprint density at radius 1 is 0.318 bits per heavy atom. The molecule has 0 bridgehead atoms. The summed E-state index contributed by atoms with van der Waals surface area (Å²) in [4.78, 5) is 0. The molecule has 0 amide bonds. The molecule has 44 heavy (non-hydrogen) atoms. The maximum atomic E-state index is 15.0. The topological polar surface area (TPSA) is 0 Å². The molecule has 0 aromatic carbocycles. The van der Waals surface area contributed by atoms with Crippen molar-refractivity contribution in [1.82, 2.24) is 0 Å². The van der Waals surface area contributed by atoms with Crippen LogP contribution >= 0.6 is 0 Å². The van der Waals surface area contributed by atoms with Gasteiger partial charge < -0.3 is 0 Å². The molecule has 0 unspecified atom stereocenters. The Labute approximate surface area is 227 Å². The molecule has 0 rings (SSSR count). The number of unbranched alkanes of at least 4 members (excludes halogenated alkanes) is 1. The van der Waals surface area contributed by atoms with Crippen LogP contribution in [0.5, 0.6) is 0 Å². The van der Waals surface area contributed by atoms with Crippen LogP contribution in [-0.2, 0) is 0 Å². The van der Waals surface area contributed by atoms with Gasteiger partial charge in [-0.3, -0.25) is 0 Å². The van der Waals surface area contributed by atoms with Gasteiger partial charge in [0, 0.05) is 0 Å². The van der Waals surface area contributed by atoms with Crippen molar-refractivity contribution in [1.29, 1.82) is 0 Å². The second kappa shape index (κ2) is 11.0. The minimum atomic E-state index is -12.9. The zero-order valence-corrected chi connectivity index (χ0v) is 22.7. The van der Waals surface area contributed by atoms with Crippen molar-refractivity contribution in [2.24, 2.45) is 0 Å². The second-order valence-corrected chi connectivity index (χ2v) is 20.6. The summed E-state index contributed by atoms with van der Waals surface area (Å²) in [5.74, 6) is -54.8. The third-order valence-corrected chi connectivity index (χ3v) is 21.0. The first-order valence-electron chi connectivity index (χ1n) is 10.2. The van der Waals surface area contributed by atoms with Gasteiger partial charge in [-0.15, -0.1) is 0 Å². The number of hydrogen-bond acceptors (Lipinski definition) is 0.